The summed E-state index contributed by atoms with van der Waals surface area (Å²) < 4.78 is 5.56. The highest BCUT2D eigenvalue weighted by molar-refractivity contribution is 5.38. The van der Waals surface area contributed by atoms with Crippen molar-refractivity contribution < 1.29 is 4.74 Å². The highest BCUT2D eigenvalue weighted by Crippen LogP contribution is 2.21. The summed E-state index contributed by atoms with van der Waals surface area (Å²) in [5.74, 6) is 1.80. The molecule has 0 fully saturated rings. The molecule has 2 aromatic heterocycles. The van der Waals surface area contributed by atoms with Gasteiger partial charge in [-0.25, -0.2) is 4.98 Å². The Morgan fingerprint density at radius 3 is 2.80 bits per heavy atom. The number of aromatic nitrogens is 2. The van der Waals surface area contributed by atoms with E-state index >= 15 is 0 Å². The molecule has 0 saturated heterocycles. The molecule has 0 aliphatic rings. The van der Waals surface area contributed by atoms with E-state index in [4.69, 9.17) is 10.5 Å². The lowest BCUT2D eigenvalue weighted by Gasteiger charge is -2.05. The zero-order chi connectivity index (χ0) is 10.7. The standard InChI is InChI=1S/C11H11N3O/c1-8-4-10(7-13-6-8)15-9-2-3-14-11(12)5-9/h2-7H,1H3,(H2,12,14). The van der Waals surface area contributed by atoms with Gasteiger partial charge in [-0.3, -0.25) is 4.98 Å². The zero-order valence-corrected chi connectivity index (χ0v) is 8.34. The van der Waals surface area contributed by atoms with Gasteiger partial charge in [0.2, 0.25) is 0 Å². The number of hydrogen-bond acceptors (Lipinski definition) is 4. The van der Waals surface area contributed by atoms with Gasteiger partial charge in [-0.05, 0) is 24.6 Å². The van der Waals surface area contributed by atoms with Gasteiger partial charge in [0.15, 0.2) is 0 Å². The fourth-order valence-corrected chi connectivity index (χ4v) is 1.21. The molecule has 2 rings (SSSR count). The van der Waals surface area contributed by atoms with Gasteiger partial charge in [0, 0.05) is 18.5 Å². The Kier molecular flexibility index (Phi) is 2.49. The van der Waals surface area contributed by atoms with Crippen LogP contribution in [0.3, 0.4) is 0 Å². The number of aryl methyl sites for hydroxylation is 1. The minimum Gasteiger partial charge on any atom is -0.456 e. The fourth-order valence-electron chi connectivity index (χ4n) is 1.21. The number of nitrogens with zero attached hydrogens (tertiary/aromatic N) is 2. The van der Waals surface area contributed by atoms with Gasteiger partial charge in [-0.2, -0.15) is 0 Å². The molecular weight excluding hydrogens is 190 g/mol. The van der Waals surface area contributed by atoms with Crippen LogP contribution in [0.15, 0.2) is 36.8 Å². The number of nitrogens with two attached hydrogens (primary N) is 1. The Morgan fingerprint density at radius 1 is 1.20 bits per heavy atom. The average Bonchev–Trinajstić information content (AvgIpc) is 2.17. The van der Waals surface area contributed by atoms with Crippen molar-refractivity contribution in [3.63, 3.8) is 0 Å². The van der Waals surface area contributed by atoms with Crippen LogP contribution >= 0.6 is 0 Å². The molecule has 0 amide bonds. The highest BCUT2D eigenvalue weighted by atomic mass is 16.5. The van der Waals surface area contributed by atoms with E-state index in [2.05, 4.69) is 9.97 Å². The van der Waals surface area contributed by atoms with Crippen LogP contribution in [0.4, 0.5) is 5.82 Å². The van der Waals surface area contributed by atoms with Crippen molar-refractivity contribution in [1.29, 1.82) is 0 Å². The van der Waals surface area contributed by atoms with Crippen molar-refractivity contribution in [1.82, 2.24) is 9.97 Å². The first kappa shape index (κ1) is 9.45. The Bertz CT molecular complexity index is 427. The molecule has 0 aliphatic heterocycles. The van der Waals surface area contributed by atoms with E-state index in [0.29, 0.717) is 17.3 Å². The fraction of sp³-hybridized carbons (Fsp3) is 0.0909. The molecule has 2 N–H and O–H groups in total. The largest absolute Gasteiger partial charge is 0.456 e. The van der Waals surface area contributed by atoms with E-state index in [1.165, 1.54) is 0 Å². The van der Waals surface area contributed by atoms with E-state index in [-0.39, 0.29) is 0 Å². The van der Waals surface area contributed by atoms with Crippen LogP contribution in [0.25, 0.3) is 0 Å². The topological polar surface area (TPSA) is 61.0 Å². The Morgan fingerprint density at radius 2 is 2.07 bits per heavy atom. The van der Waals surface area contributed by atoms with Crippen LogP contribution in [-0.2, 0) is 0 Å². The average molecular weight is 201 g/mol. The summed E-state index contributed by atoms with van der Waals surface area (Å²) >= 11 is 0. The smallest absolute Gasteiger partial charge is 0.145 e. The Labute approximate surface area is 87.7 Å². The molecule has 0 aromatic carbocycles. The van der Waals surface area contributed by atoms with Gasteiger partial charge >= 0.3 is 0 Å². The third kappa shape index (κ3) is 2.43. The molecule has 0 bridgehead atoms. The molecule has 2 aromatic rings. The Hall–Kier alpha value is -2.10. The summed E-state index contributed by atoms with van der Waals surface area (Å²) in [5, 5.41) is 0. The third-order valence-electron chi connectivity index (χ3n) is 1.84. The van der Waals surface area contributed by atoms with Gasteiger partial charge in [-0.1, -0.05) is 0 Å². The van der Waals surface area contributed by atoms with Crippen molar-refractivity contribution in [2.24, 2.45) is 0 Å². The van der Waals surface area contributed by atoms with Crippen molar-refractivity contribution in [2.45, 2.75) is 6.92 Å². The summed E-state index contributed by atoms with van der Waals surface area (Å²) in [5.41, 5.74) is 6.59. The molecule has 0 spiro atoms. The minimum absolute atomic E-state index is 0.438. The lowest BCUT2D eigenvalue weighted by molar-refractivity contribution is 0.479. The molecule has 76 valence electrons. The Balaban J connectivity index is 2.22. The number of hydrogen-bond donors (Lipinski definition) is 1. The van der Waals surface area contributed by atoms with Crippen molar-refractivity contribution in [2.75, 3.05) is 5.73 Å². The maximum atomic E-state index is 5.56. The van der Waals surface area contributed by atoms with E-state index < -0.39 is 0 Å². The predicted octanol–water partition coefficient (Wildman–Crippen LogP) is 2.16. The van der Waals surface area contributed by atoms with Gasteiger partial charge in [-0.15, -0.1) is 0 Å². The first-order valence-electron chi connectivity index (χ1n) is 4.55. The maximum Gasteiger partial charge on any atom is 0.145 e. The first-order chi connectivity index (χ1) is 7.24. The molecule has 0 unspecified atom stereocenters. The second kappa shape index (κ2) is 3.96. The molecule has 0 atom stereocenters. The molecule has 15 heavy (non-hydrogen) atoms. The quantitative estimate of drug-likeness (QED) is 0.808. The molecule has 0 radical (unpaired) electrons. The molecular formula is C11H11N3O. The third-order valence-corrected chi connectivity index (χ3v) is 1.84. The summed E-state index contributed by atoms with van der Waals surface area (Å²) in [6.45, 7) is 1.96. The van der Waals surface area contributed by atoms with Gasteiger partial charge in [0.05, 0.1) is 6.20 Å². The summed E-state index contributed by atoms with van der Waals surface area (Å²) in [4.78, 5) is 7.91. The van der Waals surface area contributed by atoms with Crippen molar-refractivity contribution in [3.8, 4) is 11.5 Å². The second-order valence-electron chi connectivity index (χ2n) is 3.22. The van der Waals surface area contributed by atoms with E-state index in [9.17, 15) is 0 Å². The zero-order valence-electron chi connectivity index (χ0n) is 8.34. The van der Waals surface area contributed by atoms with Crippen LogP contribution in [-0.4, -0.2) is 9.97 Å². The molecule has 0 saturated carbocycles. The normalized spacial score (nSPS) is 9.93. The first-order valence-corrected chi connectivity index (χ1v) is 4.55. The van der Waals surface area contributed by atoms with Crippen molar-refractivity contribution >= 4 is 5.82 Å². The maximum absolute atomic E-state index is 5.56. The second-order valence-corrected chi connectivity index (χ2v) is 3.22. The van der Waals surface area contributed by atoms with Crippen molar-refractivity contribution in [3.05, 3.63) is 42.4 Å². The van der Waals surface area contributed by atoms with Crippen LogP contribution in [0.2, 0.25) is 0 Å². The van der Waals surface area contributed by atoms with Crippen LogP contribution in [0, 0.1) is 6.92 Å². The number of nitrogen functional groups attached to an aromatic ring is 1. The molecule has 2 heterocycles. The predicted molar refractivity (Wildman–Crippen MR) is 57.7 cm³/mol. The molecule has 0 aliphatic carbocycles. The van der Waals surface area contributed by atoms with E-state index in [1.54, 1.807) is 30.7 Å². The minimum atomic E-state index is 0.438. The van der Waals surface area contributed by atoms with Crippen LogP contribution < -0.4 is 10.5 Å². The summed E-state index contributed by atoms with van der Waals surface area (Å²) in [7, 11) is 0. The number of anilines is 1. The summed E-state index contributed by atoms with van der Waals surface area (Å²) in [6, 6.07) is 5.32. The number of rotatable bonds is 2. The lowest BCUT2D eigenvalue weighted by Crippen LogP contribution is -1.91. The summed E-state index contributed by atoms with van der Waals surface area (Å²) in [6.07, 6.45) is 5.03. The van der Waals surface area contributed by atoms with Crippen LogP contribution in [0.5, 0.6) is 11.5 Å². The lowest BCUT2D eigenvalue weighted by atomic mass is 10.3. The molecule has 4 heteroatoms. The highest BCUT2D eigenvalue weighted by Gasteiger charge is 1.98. The van der Waals surface area contributed by atoms with Gasteiger partial charge < -0.3 is 10.5 Å². The molecule has 4 nitrogen and oxygen atoms in total. The number of ether oxygens (including phenoxy) is 1. The van der Waals surface area contributed by atoms with Crippen LogP contribution in [0.1, 0.15) is 5.56 Å². The SMILES string of the molecule is Cc1cncc(Oc2ccnc(N)c2)c1. The van der Waals surface area contributed by atoms with E-state index in [0.717, 1.165) is 5.56 Å². The monoisotopic (exact) mass is 201 g/mol. The number of pyridine rings is 2. The van der Waals surface area contributed by atoms with Gasteiger partial charge in [0.1, 0.15) is 17.3 Å². The van der Waals surface area contributed by atoms with E-state index in [1.807, 2.05) is 13.0 Å². The van der Waals surface area contributed by atoms with Gasteiger partial charge in [0.25, 0.3) is 0 Å².